The van der Waals surface area contributed by atoms with Crippen molar-refractivity contribution in [2.24, 2.45) is 5.92 Å². The normalized spacial score (nSPS) is 26.3. The average molecular weight is 141 g/mol. The Bertz CT molecular complexity index is 165. The Balaban J connectivity index is 2.51. The molecular weight excluding hydrogens is 130 g/mol. The molecule has 2 amide bonds. The molecule has 0 bridgehead atoms. The van der Waals surface area contributed by atoms with Gasteiger partial charge in [-0.05, 0) is 12.8 Å². The van der Waals surface area contributed by atoms with Gasteiger partial charge in [-0.1, -0.05) is 6.92 Å². The van der Waals surface area contributed by atoms with Gasteiger partial charge in [0.1, 0.15) is 0 Å². The summed E-state index contributed by atoms with van der Waals surface area (Å²) in [5.41, 5.74) is 0. The quantitative estimate of drug-likeness (QED) is 0.539. The van der Waals surface area contributed by atoms with E-state index in [9.17, 15) is 9.59 Å². The molecule has 1 atom stereocenters. The third kappa shape index (κ3) is 1.35. The molecule has 1 aliphatic rings. The topological polar surface area (TPSA) is 46.2 Å². The van der Waals surface area contributed by atoms with Gasteiger partial charge in [-0.15, -0.1) is 0 Å². The van der Waals surface area contributed by atoms with E-state index in [1.807, 2.05) is 6.92 Å². The van der Waals surface area contributed by atoms with Crippen LogP contribution in [0.15, 0.2) is 0 Å². The Morgan fingerprint density at radius 3 is 2.80 bits per heavy atom. The fraction of sp³-hybridized carbons (Fsp3) is 0.714. The molecule has 0 saturated carbocycles. The highest BCUT2D eigenvalue weighted by Gasteiger charge is 2.24. The van der Waals surface area contributed by atoms with E-state index in [4.69, 9.17) is 0 Å². The minimum atomic E-state index is -0.130. The van der Waals surface area contributed by atoms with Crippen LogP contribution in [0.25, 0.3) is 0 Å². The first-order valence-electron chi connectivity index (χ1n) is 3.57. The molecule has 3 heteroatoms. The van der Waals surface area contributed by atoms with Crippen LogP contribution in [0.5, 0.6) is 0 Å². The second kappa shape index (κ2) is 2.82. The summed E-state index contributed by atoms with van der Waals surface area (Å²) in [4.78, 5) is 21.5. The van der Waals surface area contributed by atoms with Gasteiger partial charge in [0.2, 0.25) is 11.8 Å². The van der Waals surface area contributed by atoms with Gasteiger partial charge < -0.3 is 0 Å². The standard InChI is InChI=1S/C7H11NO2/c1-2-5-3-4-6(9)8-7(5)10/h5H,2-4H2,1H3,(H,8,9,10)/t5-/m1/s1. The highest BCUT2D eigenvalue weighted by atomic mass is 16.2. The molecule has 1 fully saturated rings. The van der Waals surface area contributed by atoms with Crippen LogP contribution in [0.4, 0.5) is 0 Å². The minimum absolute atomic E-state index is 0.0673. The first kappa shape index (κ1) is 7.25. The summed E-state index contributed by atoms with van der Waals surface area (Å²) in [7, 11) is 0. The van der Waals surface area contributed by atoms with E-state index in [2.05, 4.69) is 5.32 Å². The highest BCUT2D eigenvalue weighted by Crippen LogP contribution is 2.14. The van der Waals surface area contributed by atoms with E-state index < -0.39 is 0 Å². The maximum absolute atomic E-state index is 10.9. The number of amides is 2. The molecule has 0 aromatic heterocycles. The summed E-state index contributed by atoms with van der Waals surface area (Å²) in [5.74, 6) is -0.161. The lowest BCUT2D eigenvalue weighted by atomic mass is 9.96. The number of nitrogens with one attached hydrogen (secondary N) is 1. The van der Waals surface area contributed by atoms with Crippen LogP contribution in [0.2, 0.25) is 0 Å². The Labute approximate surface area is 59.8 Å². The van der Waals surface area contributed by atoms with Crippen LogP contribution in [-0.4, -0.2) is 11.8 Å². The molecule has 1 heterocycles. The molecule has 0 radical (unpaired) electrons. The molecule has 1 N–H and O–H groups in total. The van der Waals surface area contributed by atoms with E-state index in [0.29, 0.717) is 6.42 Å². The summed E-state index contributed by atoms with van der Waals surface area (Å²) in [6.07, 6.45) is 2.06. The van der Waals surface area contributed by atoms with Crippen LogP contribution in [-0.2, 0) is 9.59 Å². The number of rotatable bonds is 1. The lowest BCUT2D eigenvalue weighted by Crippen LogP contribution is -2.40. The maximum Gasteiger partial charge on any atom is 0.229 e. The summed E-state index contributed by atoms with van der Waals surface area (Å²) < 4.78 is 0. The number of hydrogen-bond donors (Lipinski definition) is 1. The fourth-order valence-corrected chi connectivity index (χ4v) is 1.13. The van der Waals surface area contributed by atoms with E-state index in [1.54, 1.807) is 0 Å². The summed E-state index contributed by atoms with van der Waals surface area (Å²) in [6.45, 7) is 1.96. The first-order valence-corrected chi connectivity index (χ1v) is 3.57. The van der Waals surface area contributed by atoms with Crippen molar-refractivity contribution in [1.29, 1.82) is 0 Å². The summed E-state index contributed by atoms with van der Waals surface area (Å²) in [5, 5.41) is 2.30. The Hall–Kier alpha value is -0.860. The van der Waals surface area contributed by atoms with Crippen molar-refractivity contribution in [3.63, 3.8) is 0 Å². The van der Waals surface area contributed by atoms with Gasteiger partial charge in [-0.2, -0.15) is 0 Å². The smallest absolute Gasteiger partial charge is 0.229 e. The third-order valence-electron chi connectivity index (χ3n) is 1.85. The van der Waals surface area contributed by atoms with Crippen LogP contribution in [0, 0.1) is 5.92 Å². The van der Waals surface area contributed by atoms with Crippen LogP contribution in [0.3, 0.4) is 0 Å². The zero-order chi connectivity index (χ0) is 7.56. The molecule has 10 heavy (non-hydrogen) atoms. The summed E-state index contributed by atoms with van der Waals surface area (Å²) in [6, 6.07) is 0. The SMILES string of the molecule is CC[C@@H]1CCC(=O)NC1=O. The van der Waals surface area contributed by atoms with Crippen molar-refractivity contribution < 1.29 is 9.59 Å². The zero-order valence-electron chi connectivity index (χ0n) is 6.02. The maximum atomic E-state index is 10.9. The largest absolute Gasteiger partial charge is 0.296 e. The second-order valence-electron chi connectivity index (χ2n) is 2.56. The van der Waals surface area contributed by atoms with Gasteiger partial charge in [-0.25, -0.2) is 0 Å². The van der Waals surface area contributed by atoms with Crippen LogP contribution in [0.1, 0.15) is 26.2 Å². The van der Waals surface area contributed by atoms with Gasteiger partial charge in [-0.3, -0.25) is 14.9 Å². The van der Waals surface area contributed by atoms with Gasteiger partial charge in [0, 0.05) is 12.3 Å². The zero-order valence-corrected chi connectivity index (χ0v) is 6.02. The fourth-order valence-electron chi connectivity index (χ4n) is 1.13. The van der Waals surface area contributed by atoms with Gasteiger partial charge >= 0.3 is 0 Å². The molecule has 0 unspecified atom stereocenters. The second-order valence-corrected chi connectivity index (χ2v) is 2.56. The van der Waals surface area contributed by atoms with Crippen molar-refractivity contribution >= 4 is 11.8 Å². The monoisotopic (exact) mass is 141 g/mol. The number of hydrogen-bond acceptors (Lipinski definition) is 2. The van der Waals surface area contributed by atoms with Gasteiger partial charge in [0.15, 0.2) is 0 Å². The number of carbonyl (C=O) groups excluding carboxylic acids is 2. The van der Waals surface area contributed by atoms with Crippen molar-refractivity contribution in [1.82, 2.24) is 5.32 Å². The third-order valence-corrected chi connectivity index (χ3v) is 1.85. The number of carbonyl (C=O) groups is 2. The molecule has 1 saturated heterocycles. The molecular formula is C7H11NO2. The molecule has 0 aliphatic carbocycles. The van der Waals surface area contributed by atoms with Crippen molar-refractivity contribution in [2.45, 2.75) is 26.2 Å². The lowest BCUT2D eigenvalue weighted by molar-refractivity contribution is -0.136. The van der Waals surface area contributed by atoms with Crippen molar-refractivity contribution in [2.75, 3.05) is 0 Å². The van der Waals surface area contributed by atoms with Gasteiger partial charge in [0.05, 0.1) is 0 Å². The van der Waals surface area contributed by atoms with E-state index >= 15 is 0 Å². The molecule has 56 valence electrons. The Kier molecular flexibility index (Phi) is 2.04. The minimum Gasteiger partial charge on any atom is -0.296 e. The lowest BCUT2D eigenvalue weighted by Gasteiger charge is -2.18. The highest BCUT2D eigenvalue weighted by molar-refractivity contribution is 5.98. The van der Waals surface area contributed by atoms with E-state index in [1.165, 1.54) is 0 Å². The Morgan fingerprint density at radius 1 is 1.60 bits per heavy atom. The van der Waals surface area contributed by atoms with Crippen LogP contribution < -0.4 is 5.32 Å². The van der Waals surface area contributed by atoms with E-state index in [-0.39, 0.29) is 17.7 Å². The number of imide groups is 1. The molecule has 0 aromatic rings. The molecule has 1 aliphatic heterocycles. The molecule has 0 aromatic carbocycles. The molecule has 1 rings (SSSR count). The van der Waals surface area contributed by atoms with Gasteiger partial charge in [0.25, 0.3) is 0 Å². The molecule has 0 spiro atoms. The average Bonchev–Trinajstić information content (AvgIpc) is 1.88. The van der Waals surface area contributed by atoms with Crippen molar-refractivity contribution in [3.8, 4) is 0 Å². The predicted octanol–water partition coefficient (Wildman–Crippen LogP) is 0.449. The Morgan fingerprint density at radius 2 is 2.30 bits per heavy atom. The molecule has 3 nitrogen and oxygen atoms in total. The first-order chi connectivity index (χ1) is 4.74. The number of piperidine rings is 1. The summed E-state index contributed by atoms with van der Waals surface area (Å²) >= 11 is 0. The predicted molar refractivity (Wildman–Crippen MR) is 36.2 cm³/mol. The van der Waals surface area contributed by atoms with Crippen molar-refractivity contribution in [3.05, 3.63) is 0 Å². The van der Waals surface area contributed by atoms with Crippen LogP contribution >= 0.6 is 0 Å². The van der Waals surface area contributed by atoms with E-state index in [0.717, 1.165) is 12.8 Å².